The van der Waals surface area contributed by atoms with E-state index in [-0.39, 0.29) is 11.7 Å². The van der Waals surface area contributed by atoms with Crippen LogP contribution in [0.4, 0.5) is 0 Å². The van der Waals surface area contributed by atoms with Gasteiger partial charge in [-0.05, 0) is 56.6 Å². The maximum Gasteiger partial charge on any atom is 0.0623 e. The first kappa shape index (κ1) is 13.6. The molecule has 0 bridgehead atoms. The summed E-state index contributed by atoms with van der Waals surface area (Å²) in [6.45, 7) is 4.15. The second kappa shape index (κ2) is 5.41. The van der Waals surface area contributed by atoms with Crippen molar-refractivity contribution >= 4 is 0 Å². The van der Waals surface area contributed by atoms with Crippen LogP contribution in [0.2, 0.25) is 0 Å². The van der Waals surface area contributed by atoms with Crippen molar-refractivity contribution in [2.75, 3.05) is 7.11 Å². The zero-order chi connectivity index (χ0) is 13.2. The monoisotopic (exact) mass is 248 g/mol. The van der Waals surface area contributed by atoms with Gasteiger partial charge in [-0.15, -0.1) is 0 Å². The Balaban J connectivity index is 1.88. The predicted octanol–water partition coefficient (Wildman–Crippen LogP) is 2.97. The molecule has 0 radical (unpaired) electrons. The second-order valence-electron chi connectivity index (χ2n) is 6.01. The molecule has 0 aromatic heterocycles. The van der Waals surface area contributed by atoms with Crippen LogP contribution in [-0.2, 0) is 17.6 Å². The van der Waals surface area contributed by atoms with E-state index < -0.39 is 0 Å². The van der Waals surface area contributed by atoms with Crippen LogP contribution in [0.1, 0.15) is 37.8 Å². The van der Waals surface area contributed by atoms with Crippen molar-refractivity contribution in [3.8, 4) is 0 Å². The molecule has 2 rings (SSSR count). The molecule has 1 aromatic rings. The van der Waals surface area contributed by atoms with Crippen LogP contribution in [0.5, 0.6) is 0 Å². The number of benzene rings is 1. The predicted molar refractivity (Wildman–Crippen MR) is 73.7 cm³/mol. The lowest BCUT2D eigenvalue weighted by molar-refractivity contribution is -0.00347. The number of aliphatic hydroxyl groups excluding tert-OH is 1. The zero-order valence-corrected chi connectivity index (χ0v) is 11.6. The van der Waals surface area contributed by atoms with Gasteiger partial charge in [-0.3, -0.25) is 0 Å². The standard InChI is InChI=1S/C16H24O2/c1-16(2,18-3)9-8-15(17)14-10-12-6-4-5-7-13(12)11-14/h4-7,14-15,17H,8-11H2,1-3H3. The molecule has 0 spiro atoms. The molecule has 18 heavy (non-hydrogen) atoms. The van der Waals surface area contributed by atoms with Crippen molar-refractivity contribution in [1.82, 2.24) is 0 Å². The number of aliphatic hydroxyl groups is 1. The molecule has 0 amide bonds. The maximum atomic E-state index is 10.3. The van der Waals surface area contributed by atoms with Crippen molar-refractivity contribution in [3.63, 3.8) is 0 Å². The smallest absolute Gasteiger partial charge is 0.0623 e. The third-order valence-corrected chi connectivity index (χ3v) is 4.22. The van der Waals surface area contributed by atoms with Gasteiger partial charge in [0.05, 0.1) is 11.7 Å². The molecule has 1 atom stereocenters. The highest BCUT2D eigenvalue weighted by atomic mass is 16.5. The van der Waals surface area contributed by atoms with E-state index in [1.165, 1.54) is 11.1 Å². The van der Waals surface area contributed by atoms with Crippen LogP contribution in [0.25, 0.3) is 0 Å². The summed E-state index contributed by atoms with van der Waals surface area (Å²) >= 11 is 0. The molecular weight excluding hydrogens is 224 g/mol. The first-order valence-electron chi connectivity index (χ1n) is 6.82. The van der Waals surface area contributed by atoms with Crippen molar-refractivity contribution < 1.29 is 9.84 Å². The number of fused-ring (bicyclic) bond motifs is 1. The van der Waals surface area contributed by atoms with Gasteiger partial charge in [-0.25, -0.2) is 0 Å². The number of methoxy groups -OCH3 is 1. The molecule has 0 saturated heterocycles. The normalized spacial score (nSPS) is 17.8. The van der Waals surface area contributed by atoms with Crippen LogP contribution < -0.4 is 0 Å². The van der Waals surface area contributed by atoms with Gasteiger partial charge in [0.2, 0.25) is 0 Å². The highest BCUT2D eigenvalue weighted by Crippen LogP contribution is 2.31. The van der Waals surface area contributed by atoms with Gasteiger partial charge < -0.3 is 9.84 Å². The minimum atomic E-state index is -0.216. The number of ether oxygens (including phenoxy) is 1. The van der Waals surface area contributed by atoms with Crippen LogP contribution in [-0.4, -0.2) is 23.9 Å². The average Bonchev–Trinajstić information content (AvgIpc) is 2.80. The highest BCUT2D eigenvalue weighted by Gasteiger charge is 2.28. The lowest BCUT2D eigenvalue weighted by Gasteiger charge is -2.26. The lowest BCUT2D eigenvalue weighted by Crippen LogP contribution is -2.28. The molecule has 2 heteroatoms. The van der Waals surface area contributed by atoms with E-state index in [4.69, 9.17) is 4.74 Å². The van der Waals surface area contributed by atoms with E-state index in [1.807, 2.05) is 0 Å². The molecule has 1 aliphatic carbocycles. The Labute approximate surface area is 110 Å². The van der Waals surface area contributed by atoms with E-state index in [0.29, 0.717) is 5.92 Å². The third-order valence-electron chi connectivity index (χ3n) is 4.22. The number of hydrogen-bond donors (Lipinski definition) is 1. The fraction of sp³-hybridized carbons (Fsp3) is 0.625. The minimum absolute atomic E-state index is 0.133. The van der Waals surface area contributed by atoms with E-state index in [0.717, 1.165) is 25.7 Å². The molecule has 1 aromatic carbocycles. The first-order chi connectivity index (χ1) is 8.52. The summed E-state index contributed by atoms with van der Waals surface area (Å²) in [7, 11) is 1.73. The average molecular weight is 248 g/mol. The molecule has 1 aliphatic rings. The summed E-state index contributed by atoms with van der Waals surface area (Å²) in [5.74, 6) is 0.384. The fourth-order valence-corrected chi connectivity index (χ4v) is 2.70. The summed E-state index contributed by atoms with van der Waals surface area (Å²) in [5.41, 5.74) is 2.69. The molecule has 100 valence electrons. The van der Waals surface area contributed by atoms with Crippen molar-refractivity contribution in [1.29, 1.82) is 0 Å². The molecular formula is C16H24O2. The minimum Gasteiger partial charge on any atom is -0.393 e. The summed E-state index contributed by atoms with van der Waals surface area (Å²) in [4.78, 5) is 0. The van der Waals surface area contributed by atoms with Crippen LogP contribution >= 0.6 is 0 Å². The fourth-order valence-electron chi connectivity index (χ4n) is 2.70. The molecule has 0 saturated carbocycles. The Bertz CT molecular complexity index is 373. The van der Waals surface area contributed by atoms with Gasteiger partial charge in [-0.1, -0.05) is 24.3 Å². The summed E-state index contributed by atoms with van der Waals surface area (Å²) in [6, 6.07) is 8.53. The molecule has 2 nitrogen and oxygen atoms in total. The first-order valence-corrected chi connectivity index (χ1v) is 6.82. The van der Waals surface area contributed by atoms with Gasteiger partial charge in [0.1, 0.15) is 0 Å². The Morgan fingerprint density at radius 2 is 1.83 bits per heavy atom. The van der Waals surface area contributed by atoms with Gasteiger partial charge in [0, 0.05) is 7.11 Å². The molecule has 1 N–H and O–H groups in total. The quantitative estimate of drug-likeness (QED) is 0.868. The Kier molecular flexibility index (Phi) is 4.08. The Hall–Kier alpha value is -0.860. The Morgan fingerprint density at radius 3 is 2.33 bits per heavy atom. The Morgan fingerprint density at radius 1 is 1.28 bits per heavy atom. The summed E-state index contributed by atoms with van der Waals surface area (Å²) < 4.78 is 5.40. The largest absolute Gasteiger partial charge is 0.393 e. The van der Waals surface area contributed by atoms with Crippen LogP contribution in [0, 0.1) is 5.92 Å². The van der Waals surface area contributed by atoms with Crippen molar-refractivity contribution in [2.45, 2.75) is 51.2 Å². The van der Waals surface area contributed by atoms with Crippen molar-refractivity contribution in [2.24, 2.45) is 5.92 Å². The van der Waals surface area contributed by atoms with Crippen LogP contribution in [0.3, 0.4) is 0 Å². The van der Waals surface area contributed by atoms with E-state index in [2.05, 4.69) is 38.1 Å². The topological polar surface area (TPSA) is 29.5 Å². The van der Waals surface area contributed by atoms with Gasteiger partial charge in [0.15, 0.2) is 0 Å². The number of hydrogen-bond acceptors (Lipinski definition) is 2. The zero-order valence-electron chi connectivity index (χ0n) is 11.6. The molecule has 1 unspecified atom stereocenters. The number of rotatable bonds is 5. The SMILES string of the molecule is COC(C)(C)CCC(O)C1Cc2ccccc2C1. The van der Waals surface area contributed by atoms with Crippen LogP contribution in [0.15, 0.2) is 24.3 Å². The molecule has 0 heterocycles. The molecule has 0 fully saturated rings. The lowest BCUT2D eigenvalue weighted by atomic mass is 9.91. The summed E-state index contributed by atoms with van der Waals surface area (Å²) in [6.07, 6.45) is 3.54. The maximum absolute atomic E-state index is 10.3. The summed E-state index contributed by atoms with van der Waals surface area (Å²) in [5, 5.41) is 10.3. The molecule has 0 aliphatic heterocycles. The van der Waals surface area contributed by atoms with Gasteiger partial charge in [0.25, 0.3) is 0 Å². The van der Waals surface area contributed by atoms with E-state index in [1.54, 1.807) is 7.11 Å². The van der Waals surface area contributed by atoms with Crippen molar-refractivity contribution in [3.05, 3.63) is 35.4 Å². The highest BCUT2D eigenvalue weighted by molar-refractivity contribution is 5.32. The van der Waals surface area contributed by atoms with Gasteiger partial charge in [-0.2, -0.15) is 0 Å². The van der Waals surface area contributed by atoms with Gasteiger partial charge >= 0.3 is 0 Å². The van der Waals surface area contributed by atoms with E-state index >= 15 is 0 Å². The second-order valence-corrected chi connectivity index (χ2v) is 6.01. The van der Waals surface area contributed by atoms with E-state index in [9.17, 15) is 5.11 Å². The third kappa shape index (κ3) is 3.12.